The lowest BCUT2D eigenvalue weighted by atomic mass is 10.1. The molecule has 1 aromatic carbocycles. The molecule has 106 valence electrons. The fourth-order valence-corrected chi connectivity index (χ4v) is 1.37. The SMILES string of the molecule is O=[N+]([O-])c1cc(C([N+](=O)[O-])[N+](=O)[O-])c(O)c([N+](=O)[O-])c1. The summed E-state index contributed by atoms with van der Waals surface area (Å²) in [5, 5.41) is 51.8. The van der Waals surface area contributed by atoms with Gasteiger partial charge in [-0.2, -0.15) is 0 Å². The van der Waals surface area contributed by atoms with Crippen LogP contribution in [0.1, 0.15) is 11.7 Å². The maximum Gasteiger partial charge on any atom is 0.480 e. The van der Waals surface area contributed by atoms with E-state index in [1.165, 1.54) is 0 Å². The number of aromatic hydroxyl groups is 1. The van der Waals surface area contributed by atoms with Gasteiger partial charge in [0.05, 0.1) is 15.9 Å². The van der Waals surface area contributed by atoms with Gasteiger partial charge in [0.2, 0.25) is 5.75 Å². The van der Waals surface area contributed by atoms with Crippen molar-refractivity contribution in [2.45, 2.75) is 6.17 Å². The summed E-state index contributed by atoms with van der Waals surface area (Å²) in [7, 11) is 0. The van der Waals surface area contributed by atoms with Crippen molar-refractivity contribution < 1.29 is 24.8 Å². The number of phenolic OH excluding ortho intramolecular Hbond substituents is 1. The summed E-state index contributed by atoms with van der Waals surface area (Å²) >= 11 is 0. The van der Waals surface area contributed by atoms with Crippen molar-refractivity contribution in [3.05, 3.63) is 58.2 Å². The van der Waals surface area contributed by atoms with Crippen LogP contribution in [0.3, 0.4) is 0 Å². The molecule has 0 heterocycles. The summed E-state index contributed by atoms with van der Waals surface area (Å²) in [5.41, 5.74) is -3.36. The molecule has 1 N–H and O–H groups in total. The van der Waals surface area contributed by atoms with Crippen LogP contribution in [0.15, 0.2) is 12.1 Å². The summed E-state index contributed by atoms with van der Waals surface area (Å²) < 4.78 is 0. The van der Waals surface area contributed by atoms with E-state index in [4.69, 9.17) is 0 Å². The molecule has 0 saturated heterocycles. The van der Waals surface area contributed by atoms with Crippen LogP contribution in [-0.4, -0.2) is 24.8 Å². The largest absolute Gasteiger partial charge is 0.502 e. The number of non-ortho nitro benzene ring substituents is 1. The molecular weight excluding hydrogens is 284 g/mol. The van der Waals surface area contributed by atoms with Gasteiger partial charge in [0.25, 0.3) is 5.69 Å². The van der Waals surface area contributed by atoms with Gasteiger partial charge in [0, 0.05) is 6.07 Å². The Morgan fingerprint density at radius 2 is 1.40 bits per heavy atom. The minimum absolute atomic E-state index is 0.343. The van der Waals surface area contributed by atoms with Gasteiger partial charge >= 0.3 is 11.9 Å². The first-order valence-corrected chi connectivity index (χ1v) is 4.59. The highest BCUT2D eigenvalue weighted by Crippen LogP contribution is 2.38. The maximum atomic E-state index is 10.6. The quantitative estimate of drug-likeness (QED) is 0.462. The molecule has 20 heavy (non-hydrogen) atoms. The number of rotatable bonds is 5. The van der Waals surface area contributed by atoms with E-state index >= 15 is 0 Å². The Morgan fingerprint density at radius 3 is 1.75 bits per heavy atom. The predicted octanol–water partition coefficient (Wildman–Crippen LogP) is 0.761. The van der Waals surface area contributed by atoms with E-state index in [1.807, 2.05) is 0 Å². The molecule has 0 amide bonds. The molecule has 13 nitrogen and oxygen atoms in total. The van der Waals surface area contributed by atoms with E-state index in [9.17, 15) is 45.6 Å². The van der Waals surface area contributed by atoms with Gasteiger partial charge in [-0.1, -0.05) is 0 Å². The van der Waals surface area contributed by atoms with E-state index in [0.717, 1.165) is 0 Å². The van der Waals surface area contributed by atoms with E-state index in [0.29, 0.717) is 12.1 Å². The van der Waals surface area contributed by atoms with Gasteiger partial charge < -0.3 is 5.11 Å². The number of benzene rings is 1. The first-order valence-electron chi connectivity index (χ1n) is 4.59. The molecule has 0 aliphatic rings. The maximum absolute atomic E-state index is 10.6. The number of nitrogens with zero attached hydrogens (tertiary/aromatic N) is 4. The Morgan fingerprint density at radius 1 is 0.900 bits per heavy atom. The van der Waals surface area contributed by atoms with Crippen molar-refractivity contribution in [2.75, 3.05) is 0 Å². The van der Waals surface area contributed by atoms with Crippen molar-refractivity contribution in [1.82, 2.24) is 0 Å². The van der Waals surface area contributed by atoms with Crippen molar-refractivity contribution in [3.8, 4) is 5.75 Å². The molecule has 0 unspecified atom stereocenters. The third-order valence-electron chi connectivity index (χ3n) is 2.19. The van der Waals surface area contributed by atoms with Crippen LogP contribution < -0.4 is 0 Å². The molecule has 0 radical (unpaired) electrons. The zero-order chi connectivity index (χ0) is 15.6. The summed E-state index contributed by atoms with van der Waals surface area (Å²) in [6, 6.07) is 0.689. The van der Waals surface area contributed by atoms with Crippen LogP contribution in [0.4, 0.5) is 11.4 Å². The highest BCUT2D eigenvalue weighted by Gasteiger charge is 2.42. The lowest BCUT2D eigenvalue weighted by Crippen LogP contribution is -2.20. The normalized spacial score (nSPS) is 10.2. The Hall–Kier alpha value is -3.38. The minimum Gasteiger partial charge on any atom is -0.502 e. The molecular formula is C7H4N4O9. The molecule has 0 bridgehead atoms. The van der Waals surface area contributed by atoms with Crippen LogP contribution in [-0.2, 0) is 0 Å². The molecule has 0 aliphatic carbocycles. The molecule has 0 atom stereocenters. The summed E-state index contributed by atoms with van der Waals surface area (Å²) in [5.74, 6) is -1.36. The van der Waals surface area contributed by atoms with Gasteiger partial charge in [-0.15, -0.1) is 0 Å². The van der Waals surface area contributed by atoms with Crippen LogP contribution in [0.25, 0.3) is 0 Å². The van der Waals surface area contributed by atoms with Gasteiger partial charge in [-0.05, 0) is 0 Å². The van der Waals surface area contributed by atoms with E-state index in [1.54, 1.807) is 0 Å². The average molecular weight is 288 g/mol. The lowest BCUT2D eigenvalue weighted by molar-refractivity contribution is -0.752. The topological polar surface area (TPSA) is 193 Å². The predicted molar refractivity (Wildman–Crippen MR) is 58.1 cm³/mol. The molecule has 0 aromatic heterocycles. The van der Waals surface area contributed by atoms with Gasteiger partial charge in [-0.3, -0.25) is 40.5 Å². The molecule has 13 heteroatoms. The lowest BCUT2D eigenvalue weighted by Gasteiger charge is -2.05. The molecule has 0 saturated carbocycles. The molecule has 1 aromatic rings. The second-order valence-corrected chi connectivity index (χ2v) is 3.36. The van der Waals surface area contributed by atoms with Crippen molar-refractivity contribution in [3.63, 3.8) is 0 Å². The highest BCUT2D eigenvalue weighted by molar-refractivity contribution is 5.58. The number of phenols is 1. The van der Waals surface area contributed by atoms with E-state index in [-0.39, 0.29) is 0 Å². The van der Waals surface area contributed by atoms with Gasteiger partial charge in [-0.25, -0.2) is 0 Å². The third-order valence-corrected chi connectivity index (χ3v) is 2.19. The van der Waals surface area contributed by atoms with Crippen LogP contribution >= 0.6 is 0 Å². The summed E-state index contributed by atoms with van der Waals surface area (Å²) in [6.07, 6.45) is -2.76. The molecule has 0 spiro atoms. The first kappa shape index (κ1) is 14.7. The van der Waals surface area contributed by atoms with Gasteiger partial charge in [0.15, 0.2) is 5.56 Å². The number of nitro groups is 4. The zero-order valence-corrected chi connectivity index (χ0v) is 9.23. The fourth-order valence-electron chi connectivity index (χ4n) is 1.37. The van der Waals surface area contributed by atoms with Crippen molar-refractivity contribution in [2.24, 2.45) is 0 Å². The Kier molecular flexibility index (Phi) is 3.73. The second kappa shape index (κ2) is 5.09. The number of hydrogen-bond donors (Lipinski definition) is 1. The Bertz CT molecular complexity index is 613. The number of nitro benzene ring substituents is 2. The Balaban J connectivity index is 3.67. The fraction of sp³-hybridized carbons (Fsp3) is 0.143. The summed E-state index contributed by atoms with van der Waals surface area (Å²) in [4.78, 5) is 37.0. The Labute approximate surface area is 107 Å². The second-order valence-electron chi connectivity index (χ2n) is 3.36. The average Bonchev–Trinajstić information content (AvgIpc) is 2.29. The van der Waals surface area contributed by atoms with E-state index < -0.39 is 48.5 Å². The zero-order valence-electron chi connectivity index (χ0n) is 9.23. The smallest absolute Gasteiger partial charge is 0.480 e. The van der Waals surface area contributed by atoms with Crippen LogP contribution in [0.2, 0.25) is 0 Å². The molecule has 0 aliphatic heterocycles. The summed E-state index contributed by atoms with van der Waals surface area (Å²) in [6.45, 7) is 0. The number of hydrogen-bond acceptors (Lipinski definition) is 9. The van der Waals surface area contributed by atoms with Crippen LogP contribution in [0.5, 0.6) is 5.75 Å². The van der Waals surface area contributed by atoms with Crippen molar-refractivity contribution in [1.29, 1.82) is 0 Å². The first-order chi connectivity index (χ1) is 9.16. The van der Waals surface area contributed by atoms with Crippen molar-refractivity contribution >= 4 is 11.4 Å². The third kappa shape index (κ3) is 2.55. The molecule has 1 rings (SSSR count). The standard InChI is InChI=1S/C7H4N4O9/c12-6-4(7(10(17)18)11(19)20)1-3(8(13)14)2-5(6)9(15)16/h1-2,7,12H. The van der Waals surface area contributed by atoms with Crippen LogP contribution in [0, 0.1) is 40.5 Å². The highest BCUT2D eigenvalue weighted by atomic mass is 16.7. The van der Waals surface area contributed by atoms with E-state index in [2.05, 4.69) is 0 Å². The monoisotopic (exact) mass is 288 g/mol. The minimum atomic E-state index is -2.76. The molecule has 0 fully saturated rings. The van der Waals surface area contributed by atoms with Gasteiger partial charge in [0.1, 0.15) is 9.85 Å².